The van der Waals surface area contributed by atoms with E-state index in [0.29, 0.717) is 23.7 Å². The predicted molar refractivity (Wildman–Crippen MR) is 118 cm³/mol. The third-order valence-corrected chi connectivity index (χ3v) is 4.16. The van der Waals surface area contributed by atoms with Crippen LogP contribution in [0.1, 0.15) is 11.1 Å². The number of anilines is 1. The molecule has 0 fully saturated rings. The van der Waals surface area contributed by atoms with Gasteiger partial charge in [-0.3, -0.25) is 0 Å². The highest BCUT2D eigenvalue weighted by atomic mass is 127. The maximum Gasteiger partial charge on any atom is 0.193 e. The van der Waals surface area contributed by atoms with Crippen LogP contribution < -0.4 is 20.5 Å². The van der Waals surface area contributed by atoms with Gasteiger partial charge in [-0.2, -0.15) is 11.8 Å². The quantitative estimate of drug-likeness (QED) is 0.345. The zero-order chi connectivity index (χ0) is 18.2. The number of hydrogen-bond donors (Lipinski definition) is 2. The molecule has 0 heterocycles. The van der Waals surface area contributed by atoms with Gasteiger partial charge in [0.25, 0.3) is 0 Å². The summed E-state index contributed by atoms with van der Waals surface area (Å²) in [4.78, 5) is 4.35. The first kappa shape index (κ1) is 22.4. The van der Waals surface area contributed by atoms with Crippen LogP contribution in [0.15, 0.2) is 41.4 Å². The molecule has 3 N–H and O–H groups in total. The fourth-order valence-corrected chi connectivity index (χ4v) is 2.88. The molecule has 0 unspecified atom stereocenters. The van der Waals surface area contributed by atoms with Crippen molar-refractivity contribution in [2.24, 2.45) is 10.7 Å². The Bertz CT molecular complexity index is 759. The van der Waals surface area contributed by atoms with Gasteiger partial charge in [-0.05, 0) is 41.6 Å². The molecule has 2 rings (SSSR count). The first-order valence-corrected chi connectivity index (χ1v) is 9.02. The van der Waals surface area contributed by atoms with Crippen molar-refractivity contribution in [3.05, 3.63) is 53.3 Å². The smallest absolute Gasteiger partial charge is 0.193 e. The van der Waals surface area contributed by atoms with Crippen molar-refractivity contribution >= 4 is 47.4 Å². The lowest BCUT2D eigenvalue weighted by atomic mass is 10.1. The van der Waals surface area contributed by atoms with Crippen molar-refractivity contribution in [2.75, 3.05) is 25.8 Å². The normalized spacial score (nSPS) is 10.8. The number of thioether (sulfide) groups is 1. The second-order valence-corrected chi connectivity index (χ2v) is 6.10. The summed E-state index contributed by atoms with van der Waals surface area (Å²) in [6.45, 7) is 0.362. The van der Waals surface area contributed by atoms with Crippen LogP contribution in [-0.4, -0.2) is 26.4 Å². The van der Waals surface area contributed by atoms with Crippen LogP contribution in [0.5, 0.6) is 11.5 Å². The third-order valence-electron chi connectivity index (χ3n) is 3.56. The van der Waals surface area contributed by atoms with E-state index >= 15 is 0 Å². The Labute approximate surface area is 174 Å². The van der Waals surface area contributed by atoms with E-state index in [-0.39, 0.29) is 35.8 Å². The molecule has 0 aliphatic carbocycles. The number of nitrogens with one attached hydrogen (secondary N) is 1. The molecule has 0 aromatic heterocycles. The molecule has 0 radical (unpaired) electrons. The van der Waals surface area contributed by atoms with Crippen LogP contribution in [-0.2, 0) is 12.3 Å². The minimum atomic E-state index is -0.246. The van der Waals surface area contributed by atoms with Crippen LogP contribution in [0.2, 0.25) is 0 Å². The Morgan fingerprint density at radius 2 is 1.92 bits per heavy atom. The Morgan fingerprint density at radius 3 is 2.58 bits per heavy atom. The zero-order valence-electron chi connectivity index (χ0n) is 14.9. The van der Waals surface area contributed by atoms with E-state index in [0.717, 1.165) is 16.9 Å². The number of ether oxygens (including phenoxy) is 2. The molecule has 26 heavy (non-hydrogen) atoms. The first-order chi connectivity index (χ1) is 12.1. The summed E-state index contributed by atoms with van der Waals surface area (Å²) in [7, 11) is 3.17. The van der Waals surface area contributed by atoms with Gasteiger partial charge in [0.1, 0.15) is 17.3 Å². The maximum absolute atomic E-state index is 13.4. The van der Waals surface area contributed by atoms with Gasteiger partial charge >= 0.3 is 0 Å². The van der Waals surface area contributed by atoms with Crippen molar-refractivity contribution in [1.82, 2.24) is 0 Å². The van der Waals surface area contributed by atoms with Crippen molar-refractivity contribution < 1.29 is 13.9 Å². The topological polar surface area (TPSA) is 68.9 Å². The number of benzene rings is 2. The lowest BCUT2D eigenvalue weighted by Gasteiger charge is -2.12. The number of nitrogens with zero attached hydrogens (tertiary/aromatic N) is 1. The zero-order valence-corrected chi connectivity index (χ0v) is 18.1. The molecule has 2 aromatic carbocycles. The van der Waals surface area contributed by atoms with Gasteiger partial charge in [-0.1, -0.05) is 6.07 Å². The van der Waals surface area contributed by atoms with Gasteiger partial charge < -0.3 is 20.5 Å². The second-order valence-electron chi connectivity index (χ2n) is 5.24. The van der Waals surface area contributed by atoms with Gasteiger partial charge in [0.15, 0.2) is 5.96 Å². The molecule has 0 aliphatic rings. The molecule has 0 spiro atoms. The third kappa shape index (κ3) is 6.24. The summed E-state index contributed by atoms with van der Waals surface area (Å²) in [6.07, 6.45) is 1.98. The Hall–Kier alpha value is -1.68. The van der Waals surface area contributed by atoms with E-state index in [1.807, 2.05) is 6.26 Å². The highest BCUT2D eigenvalue weighted by Crippen LogP contribution is 2.28. The fourth-order valence-electron chi connectivity index (χ4n) is 2.30. The molecule has 0 aliphatic heterocycles. The number of nitrogens with two attached hydrogens (primary N) is 1. The summed E-state index contributed by atoms with van der Waals surface area (Å²) >= 11 is 1.63. The Balaban J connectivity index is 0.00000338. The lowest BCUT2D eigenvalue weighted by molar-refractivity contribution is 0.405. The Kier molecular flexibility index (Phi) is 9.57. The van der Waals surface area contributed by atoms with E-state index in [1.54, 1.807) is 50.2 Å². The minimum absolute atomic E-state index is 0. The molecule has 5 nitrogen and oxygen atoms in total. The average molecular weight is 491 g/mol. The predicted octanol–water partition coefficient (Wildman–Crippen LogP) is 4.25. The number of hydrogen-bond acceptors (Lipinski definition) is 4. The molecule has 0 saturated heterocycles. The van der Waals surface area contributed by atoms with E-state index in [1.165, 1.54) is 12.1 Å². The summed E-state index contributed by atoms with van der Waals surface area (Å²) in [5, 5.41) is 3.01. The van der Waals surface area contributed by atoms with Crippen LogP contribution in [0.4, 0.5) is 10.1 Å². The van der Waals surface area contributed by atoms with E-state index in [9.17, 15) is 4.39 Å². The molecule has 2 aromatic rings. The second kappa shape index (κ2) is 11.1. The fraction of sp³-hybridized carbons (Fsp3) is 0.278. The van der Waals surface area contributed by atoms with E-state index < -0.39 is 0 Å². The van der Waals surface area contributed by atoms with Crippen LogP contribution in [0.25, 0.3) is 0 Å². The van der Waals surface area contributed by atoms with Crippen LogP contribution >= 0.6 is 35.7 Å². The average Bonchev–Trinajstić information content (AvgIpc) is 2.61. The van der Waals surface area contributed by atoms with Crippen molar-refractivity contribution in [3.8, 4) is 11.5 Å². The van der Waals surface area contributed by atoms with Gasteiger partial charge in [-0.15, -0.1) is 24.0 Å². The standard InChI is InChI=1S/C18H22FN3O2S.HI/c1-23-15-6-7-17(24-2)16(9-15)22-18(20)21-10-12-4-5-14(19)8-13(12)11-25-3;/h4-9H,10-11H2,1-3H3,(H3,20,21,22);1H. The molecule has 0 bridgehead atoms. The van der Waals surface area contributed by atoms with Crippen molar-refractivity contribution in [1.29, 1.82) is 0 Å². The first-order valence-electron chi connectivity index (χ1n) is 7.62. The van der Waals surface area contributed by atoms with Crippen molar-refractivity contribution in [2.45, 2.75) is 12.3 Å². The molecule has 8 heteroatoms. The molecular weight excluding hydrogens is 468 g/mol. The van der Waals surface area contributed by atoms with Crippen molar-refractivity contribution in [3.63, 3.8) is 0 Å². The summed E-state index contributed by atoms with van der Waals surface area (Å²) in [5.41, 5.74) is 8.51. The Morgan fingerprint density at radius 1 is 1.15 bits per heavy atom. The summed E-state index contributed by atoms with van der Waals surface area (Å²) < 4.78 is 23.9. The molecule has 0 amide bonds. The van der Waals surface area contributed by atoms with Crippen LogP contribution in [0, 0.1) is 5.82 Å². The molecule has 0 atom stereocenters. The van der Waals surface area contributed by atoms with Gasteiger partial charge in [-0.25, -0.2) is 9.38 Å². The number of methoxy groups -OCH3 is 2. The lowest BCUT2D eigenvalue weighted by Crippen LogP contribution is -2.23. The number of guanidine groups is 1. The minimum Gasteiger partial charge on any atom is -0.497 e. The van der Waals surface area contributed by atoms with Gasteiger partial charge in [0.2, 0.25) is 0 Å². The van der Waals surface area contributed by atoms with Gasteiger partial charge in [0, 0.05) is 11.8 Å². The highest BCUT2D eigenvalue weighted by molar-refractivity contribution is 14.0. The van der Waals surface area contributed by atoms with E-state index in [4.69, 9.17) is 15.2 Å². The van der Waals surface area contributed by atoms with Gasteiger partial charge in [0.05, 0.1) is 26.5 Å². The number of rotatable bonds is 7. The molecule has 142 valence electrons. The monoisotopic (exact) mass is 491 g/mol. The summed E-state index contributed by atoms with van der Waals surface area (Å²) in [6, 6.07) is 10.1. The van der Waals surface area contributed by atoms with E-state index in [2.05, 4.69) is 10.3 Å². The highest BCUT2D eigenvalue weighted by Gasteiger charge is 2.07. The molecular formula is C18H23FIN3O2S. The number of aliphatic imine (C=N–C) groups is 1. The number of halogens is 2. The molecule has 0 saturated carbocycles. The largest absolute Gasteiger partial charge is 0.497 e. The van der Waals surface area contributed by atoms with Crippen LogP contribution in [0.3, 0.4) is 0 Å². The SMILES string of the molecule is COc1ccc(OC)c(NC(N)=NCc2ccc(F)cc2CSC)c1.I. The maximum atomic E-state index is 13.4. The summed E-state index contributed by atoms with van der Waals surface area (Å²) in [5.74, 6) is 2.02.